The van der Waals surface area contributed by atoms with Crippen LogP contribution in [0, 0.1) is 0 Å². The second-order valence-electron chi connectivity index (χ2n) is 7.91. The maximum absolute atomic E-state index is 12.7. The zero-order valence-corrected chi connectivity index (χ0v) is 18.2. The van der Waals surface area contributed by atoms with Crippen LogP contribution in [-0.2, 0) is 5.54 Å². The molecule has 2 aliphatic heterocycles. The summed E-state index contributed by atoms with van der Waals surface area (Å²) >= 11 is 1.58. The summed E-state index contributed by atoms with van der Waals surface area (Å²) in [4.78, 5) is 30.6. The minimum Gasteiger partial charge on any atom is -0.379 e. The molecule has 9 heteroatoms. The van der Waals surface area contributed by atoms with E-state index in [9.17, 15) is 4.79 Å². The standard InChI is InChI=1S/C21H27N7OS/c1-21(6-11-30-20(22)26-21)15-4-3-5-16(12-15)25-19(29)17-13-24-18(14-23-17)28-9-7-27(2)8-10-28/h3-5,12-14H,6-11H2,1-2H3,(H2,22,26)(H,25,29). The van der Waals surface area contributed by atoms with Gasteiger partial charge in [0, 0.05) is 37.6 Å². The number of amides is 1. The quantitative estimate of drug-likeness (QED) is 0.774. The first-order valence-electron chi connectivity index (χ1n) is 10.1. The fourth-order valence-corrected chi connectivity index (χ4v) is 4.63. The van der Waals surface area contributed by atoms with E-state index in [0.29, 0.717) is 16.5 Å². The average molecular weight is 426 g/mol. The van der Waals surface area contributed by atoms with Gasteiger partial charge in [-0.3, -0.25) is 9.79 Å². The molecule has 0 aliphatic carbocycles. The third-order valence-corrected chi connectivity index (χ3v) is 6.43. The first-order chi connectivity index (χ1) is 14.4. The summed E-state index contributed by atoms with van der Waals surface area (Å²) in [6, 6.07) is 7.76. The lowest BCUT2D eigenvalue weighted by molar-refractivity contribution is 0.102. The van der Waals surface area contributed by atoms with Crippen molar-refractivity contribution >= 4 is 34.3 Å². The van der Waals surface area contributed by atoms with E-state index in [4.69, 9.17) is 5.73 Å². The number of hydrogen-bond acceptors (Lipinski definition) is 8. The molecule has 1 fully saturated rings. The lowest BCUT2D eigenvalue weighted by Gasteiger charge is -2.32. The number of aromatic nitrogens is 2. The number of likely N-dealkylation sites (N-methyl/N-ethyl adjacent to an activating group) is 1. The molecule has 0 bridgehead atoms. The smallest absolute Gasteiger partial charge is 0.275 e. The molecular weight excluding hydrogens is 398 g/mol. The third-order valence-electron chi connectivity index (χ3n) is 5.64. The molecule has 1 unspecified atom stereocenters. The second kappa shape index (κ2) is 8.61. The van der Waals surface area contributed by atoms with Gasteiger partial charge < -0.3 is 20.9 Å². The second-order valence-corrected chi connectivity index (χ2v) is 9.02. The highest BCUT2D eigenvalue weighted by Crippen LogP contribution is 2.35. The number of carbonyl (C=O) groups is 1. The zero-order chi connectivity index (χ0) is 21.1. The number of nitrogens with two attached hydrogens (primary N) is 1. The molecule has 1 amide bonds. The molecule has 8 nitrogen and oxygen atoms in total. The number of aliphatic imine (C=N–C) groups is 1. The SMILES string of the molecule is CN1CCN(c2cnc(C(=O)Nc3cccc(C4(C)CCSC(N)=N4)c3)cn2)CC1. The van der Waals surface area contributed by atoms with Crippen LogP contribution in [0.3, 0.4) is 0 Å². The summed E-state index contributed by atoms with van der Waals surface area (Å²) < 4.78 is 0. The third kappa shape index (κ3) is 4.57. The Morgan fingerprint density at radius 3 is 2.70 bits per heavy atom. The van der Waals surface area contributed by atoms with Crippen molar-refractivity contribution in [2.45, 2.75) is 18.9 Å². The van der Waals surface area contributed by atoms with Crippen molar-refractivity contribution in [1.82, 2.24) is 14.9 Å². The molecule has 3 N–H and O–H groups in total. The van der Waals surface area contributed by atoms with Crippen LogP contribution in [0.5, 0.6) is 0 Å². The number of benzene rings is 1. The van der Waals surface area contributed by atoms with Crippen molar-refractivity contribution in [2.24, 2.45) is 10.7 Å². The highest BCUT2D eigenvalue weighted by atomic mass is 32.2. The fraction of sp³-hybridized carbons (Fsp3) is 0.429. The van der Waals surface area contributed by atoms with Crippen LogP contribution >= 0.6 is 11.8 Å². The highest BCUT2D eigenvalue weighted by molar-refractivity contribution is 8.13. The van der Waals surface area contributed by atoms with Crippen LogP contribution in [0.1, 0.15) is 29.4 Å². The molecule has 4 rings (SSSR count). The predicted molar refractivity (Wildman–Crippen MR) is 122 cm³/mol. The monoisotopic (exact) mass is 425 g/mol. The van der Waals surface area contributed by atoms with Crippen LogP contribution in [0.25, 0.3) is 0 Å². The lowest BCUT2D eigenvalue weighted by atomic mass is 9.89. The van der Waals surface area contributed by atoms with Gasteiger partial charge in [0.1, 0.15) is 11.5 Å². The number of rotatable bonds is 4. The number of anilines is 2. The van der Waals surface area contributed by atoms with E-state index in [2.05, 4.69) is 44.0 Å². The maximum Gasteiger partial charge on any atom is 0.275 e. The van der Waals surface area contributed by atoms with E-state index in [1.165, 1.54) is 6.20 Å². The summed E-state index contributed by atoms with van der Waals surface area (Å²) in [6.45, 7) is 5.88. The Kier molecular flexibility index (Phi) is 5.92. The van der Waals surface area contributed by atoms with Crippen molar-refractivity contribution in [1.29, 1.82) is 0 Å². The Balaban J connectivity index is 1.45. The molecule has 1 aromatic heterocycles. The first-order valence-corrected chi connectivity index (χ1v) is 11.1. The number of hydrogen-bond donors (Lipinski definition) is 2. The van der Waals surface area contributed by atoms with Crippen LogP contribution < -0.4 is 16.0 Å². The summed E-state index contributed by atoms with van der Waals surface area (Å²) in [5.74, 6) is 1.45. The Morgan fingerprint density at radius 2 is 2.00 bits per heavy atom. The normalized spacial score (nSPS) is 22.5. The summed E-state index contributed by atoms with van der Waals surface area (Å²) in [6.07, 6.45) is 4.11. The van der Waals surface area contributed by atoms with Gasteiger partial charge in [-0.2, -0.15) is 0 Å². The van der Waals surface area contributed by atoms with Crippen LogP contribution in [0.2, 0.25) is 0 Å². The van der Waals surface area contributed by atoms with E-state index >= 15 is 0 Å². The van der Waals surface area contributed by atoms with E-state index in [-0.39, 0.29) is 11.4 Å². The van der Waals surface area contributed by atoms with Crippen LogP contribution in [0.15, 0.2) is 41.7 Å². The van der Waals surface area contributed by atoms with Gasteiger partial charge in [-0.25, -0.2) is 9.97 Å². The number of amidine groups is 1. The van der Waals surface area contributed by atoms with Crippen LogP contribution in [-0.4, -0.2) is 64.9 Å². The topological polar surface area (TPSA) is 99.7 Å². The van der Waals surface area contributed by atoms with Gasteiger partial charge in [0.25, 0.3) is 5.91 Å². The summed E-state index contributed by atoms with van der Waals surface area (Å²) in [5.41, 5.74) is 7.59. The predicted octanol–water partition coefficient (Wildman–Crippen LogP) is 2.15. The van der Waals surface area contributed by atoms with Gasteiger partial charge in [-0.15, -0.1) is 0 Å². The molecule has 1 aromatic carbocycles. The molecule has 0 saturated carbocycles. The number of piperazine rings is 1. The van der Waals surface area contributed by atoms with Crippen molar-refractivity contribution < 1.29 is 4.79 Å². The van der Waals surface area contributed by atoms with Crippen molar-refractivity contribution in [3.63, 3.8) is 0 Å². The number of carbonyl (C=O) groups excluding carboxylic acids is 1. The van der Waals surface area contributed by atoms with E-state index < -0.39 is 0 Å². The highest BCUT2D eigenvalue weighted by Gasteiger charge is 2.29. The number of nitrogens with zero attached hydrogens (tertiary/aromatic N) is 5. The molecular formula is C21H27N7OS. The van der Waals surface area contributed by atoms with Gasteiger partial charge in [0.15, 0.2) is 5.17 Å². The molecule has 2 aromatic rings. The van der Waals surface area contributed by atoms with Gasteiger partial charge in [-0.1, -0.05) is 23.9 Å². The van der Waals surface area contributed by atoms with E-state index in [0.717, 1.165) is 49.7 Å². The maximum atomic E-state index is 12.7. The zero-order valence-electron chi connectivity index (χ0n) is 17.3. The molecule has 1 saturated heterocycles. The Morgan fingerprint density at radius 1 is 1.20 bits per heavy atom. The fourth-order valence-electron chi connectivity index (χ4n) is 3.66. The summed E-state index contributed by atoms with van der Waals surface area (Å²) in [5, 5.41) is 3.53. The minimum atomic E-state index is -0.375. The van der Waals surface area contributed by atoms with E-state index in [1.807, 2.05) is 24.3 Å². The van der Waals surface area contributed by atoms with Gasteiger partial charge in [0.2, 0.25) is 0 Å². The van der Waals surface area contributed by atoms with Gasteiger partial charge in [-0.05, 0) is 38.1 Å². The van der Waals surface area contributed by atoms with E-state index in [1.54, 1.807) is 18.0 Å². The van der Waals surface area contributed by atoms with Crippen molar-refractivity contribution in [3.8, 4) is 0 Å². The number of nitrogens with one attached hydrogen (secondary N) is 1. The average Bonchev–Trinajstić information content (AvgIpc) is 2.74. The Labute approximate surface area is 181 Å². The molecule has 30 heavy (non-hydrogen) atoms. The molecule has 0 spiro atoms. The molecule has 158 valence electrons. The number of thioether (sulfide) groups is 1. The van der Waals surface area contributed by atoms with Gasteiger partial charge in [0.05, 0.1) is 17.9 Å². The van der Waals surface area contributed by atoms with Crippen molar-refractivity contribution in [3.05, 3.63) is 47.9 Å². The minimum absolute atomic E-state index is 0.281. The molecule has 2 aliphatic rings. The van der Waals surface area contributed by atoms with Gasteiger partial charge >= 0.3 is 0 Å². The molecule has 1 atom stereocenters. The van der Waals surface area contributed by atoms with Crippen LogP contribution in [0.4, 0.5) is 11.5 Å². The Bertz CT molecular complexity index is 941. The first kappa shape index (κ1) is 20.6. The largest absolute Gasteiger partial charge is 0.379 e. The van der Waals surface area contributed by atoms with Crippen molar-refractivity contribution in [2.75, 3.05) is 49.2 Å². The Hall–Kier alpha value is -2.65. The molecule has 3 heterocycles. The molecule has 0 radical (unpaired) electrons. The summed E-state index contributed by atoms with van der Waals surface area (Å²) in [7, 11) is 2.11. The lowest BCUT2D eigenvalue weighted by Crippen LogP contribution is -2.44.